The standard InChI is InChI=1S/C10H18BN3O4/c1-4-18-10(15)8-6-14(13-12-8)9(11(16)17)5-7(2)3/h6-7,9,16-17H,4-5H2,1-3H3. The van der Waals surface area contributed by atoms with E-state index in [0.29, 0.717) is 6.42 Å². The van der Waals surface area contributed by atoms with E-state index in [9.17, 15) is 14.8 Å². The van der Waals surface area contributed by atoms with Gasteiger partial charge in [0.15, 0.2) is 5.69 Å². The summed E-state index contributed by atoms with van der Waals surface area (Å²) in [6.45, 7) is 5.86. The molecule has 0 radical (unpaired) electrons. The van der Waals surface area contributed by atoms with Crippen molar-refractivity contribution in [3.8, 4) is 0 Å². The largest absolute Gasteiger partial charge is 0.477 e. The Hall–Kier alpha value is -1.41. The van der Waals surface area contributed by atoms with Gasteiger partial charge in [0.25, 0.3) is 0 Å². The number of hydrogen-bond acceptors (Lipinski definition) is 6. The minimum absolute atomic E-state index is 0.0613. The first-order valence-electron chi connectivity index (χ1n) is 5.90. The van der Waals surface area contributed by atoms with Crippen LogP contribution in [0.1, 0.15) is 43.6 Å². The fourth-order valence-corrected chi connectivity index (χ4v) is 1.59. The molecule has 0 aromatic carbocycles. The van der Waals surface area contributed by atoms with Gasteiger partial charge < -0.3 is 14.8 Å². The smallest absolute Gasteiger partial charge is 0.461 e. The molecule has 18 heavy (non-hydrogen) atoms. The molecule has 0 bridgehead atoms. The molecular weight excluding hydrogens is 237 g/mol. The average molecular weight is 255 g/mol. The summed E-state index contributed by atoms with van der Waals surface area (Å²) >= 11 is 0. The lowest BCUT2D eigenvalue weighted by Crippen LogP contribution is -2.30. The van der Waals surface area contributed by atoms with Crippen molar-refractivity contribution in [2.75, 3.05) is 6.61 Å². The normalized spacial score (nSPS) is 12.6. The fourth-order valence-electron chi connectivity index (χ4n) is 1.59. The van der Waals surface area contributed by atoms with Gasteiger partial charge in [-0.05, 0) is 19.3 Å². The van der Waals surface area contributed by atoms with Gasteiger partial charge in [-0.2, -0.15) is 0 Å². The molecule has 100 valence electrons. The monoisotopic (exact) mass is 255 g/mol. The van der Waals surface area contributed by atoms with Crippen LogP contribution in [0.15, 0.2) is 6.20 Å². The number of ether oxygens (including phenoxy) is 1. The number of hydrogen-bond donors (Lipinski definition) is 2. The molecule has 0 aliphatic carbocycles. The summed E-state index contributed by atoms with van der Waals surface area (Å²) < 4.78 is 6.07. The Bertz CT molecular complexity index is 394. The van der Waals surface area contributed by atoms with Gasteiger partial charge in [0, 0.05) is 0 Å². The topological polar surface area (TPSA) is 97.5 Å². The molecule has 0 saturated heterocycles. The molecule has 1 heterocycles. The van der Waals surface area contributed by atoms with Crippen LogP contribution >= 0.6 is 0 Å². The summed E-state index contributed by atoms with van der Waals surface area (Å²) in [6.07, 6.45) is 1.88. The number of aromatic nitrogens is 3. The highest BCUT2D eigenvalue weighted by atomic mass is 16.5. The molecule has 0 fully saturated rings. The minimum Gasteiger partial charge on any atom is -0.461 e. The zero-order valence-electron chi connectivity index (χ0n) is 10.8. The van der Waals surface area contributed by atoms with E-state index < -0.39 is 19.0 Å². The predicted molar refractivity (Wildman–Crippen MR) is 64.7 cm³/mol. The van der Waals surface area contributed by atoms with Crippen LogP contribution in [0, 0.1) is 5.92 Å². The Morgan fingerprint density at radius 2 is 2.22 bits per heavy atom. The maximum Gasteiger partial charge on any atom is 0.477 e. The quantitative estimate of drug-likeness (QED) is 0.550. The molecule has 0 spiro atoms. The summed E-state index contributed by atoms with van der Waals surface area (Å²) in [4.78, 5) is 11.4. The molecule has 1 aromatic rings. The van der Waals surface area contributed by atoms with Crippen LogP contribution in [0.2, 0.25) is 0 Å². The second kappa shape index (κ2) is 6.51. The molecule has 2 N–H and O–H groups in total. The first-order valence-corrected chi connectivity index (χ1v) is 5.90. The van der Waals surface area contributed by atoms with Gasteiger partial charge in [-0.25, -0.2) is 4.79 Å². The SMILES string of the molecule is CCOC(=O)c1cn(C(CC(C)C)B(O)O)nn1. The number of nitrogens with zero attached hydrogens (tertiary/aromatic N) is 3. The van der Waals surface area contributed by atoms with Gasteiger partial charge in [0.2, 0.25) is 0 Å². The van der Waals surface area contributed by atoms with Crippen molar-refractivity contribution < 1.29 is 19.6 Å². The van der Waals surface area contributed by atoms with Crippen LogP contribution in [0.25, 0.3) is 0 Å². The lowest BCUT2D eigenvalue weighted by Gasteiger charge is -2.17. The Morgan fingerprint density at radius 3 is 2.72 bits per heavy atom. The van der Waals surface area contributed by atoms with Gasteiger partial charge in [0.05, 0.1) is 18.7 Å². The van der Waals surface area contributed by atoms with Crippen molar-refractivity contribution in [2.24, 2.45) is 5.92 Å². The Balaban J connectivity index is 2.84. The third-order valence-electron chi connectivity index (χ3n) is 2.39. The van der Waals surface area contributed by atoms with E-state index in [1.54, 1.807) is 6.92 Å². The summed E-state index contributed by atoms with van der Waals surface area (Å²) in [6, 6.07) is 0. The molecule has 8 heteroatoms. The molecule has 1 unspecified atom stereocenters. The van der Waals surface area contributed by atoms with Gasteiger partial charge >= 0.3 is 13.1 Å². The van der Waals surface area contributed by atoms with Crippen LogP contribution in [-0.2, 0) is 4.74 Å². The summed E-state index contributed by atoms with van der Waals surface area (Å²) in [5, 5.41) is 26.0. The Labute approximate surface area is 106 Å². The second-order valence-electron chi connectivity index (χ2n) is 4.41. The number of carbonyl (C=O) groups is 1. The molecule has 0 aliphatic rings. The van der Waals surface area contributed by atoms with E-state index in [1.165, 1.54) is 10.9 Å². The van der Waals surface area contributed by atoms with Gasteiger partial charge in [-0.3, -0.25) is 4.68 Å². The van der Waals surface area contributed by atoms with E-state index in [0.717, 1.165) is 0 Å². The summed E-state index contributed by atoms with van der Waals surface area (Å²) in [5.41, 5.74) is 0.0613. The van der Waals surface area contributed by atoms with Crippen molar-refractivity contribution in [3.05, 3.63) is 11.9 Å². The van der Waals surface area contributed by atoms with Crippen molar-refractivity contribution in [1.82, 2.24) is 15.0 Å². The third-order valence-corrected chi connectivity index (χ3v) is 2.39. The fraction of sp³-hybridized carbons (Fsp3) is 0.700. The van der Waals surface area contributed by atoms with Crippen molar-refractivity contribution in [1.29, 1.82) is 0 Å². The second-order valence-corrected chi connectivity index (χ2v) is 4.41. The molecule has 1 atom stereocenters. The maximum absolute atomic E-state index is 11.4. The van der Waals surface area contributed by atoms with Crippen molar-refractivity contribution >= 4 is 13.1 Å². The van der Waals surface area contributed by atoms with Crippen LogP contribution in [0.4, 0.5) is 0 Å². The van der Waals surface area contributed by atoms with Crippen LogP contribution < -0.4 is 0 Å². The van der Waals surface area contributed by atoms with E-state index in [1.807, 2.05) is 13.8 Å². The van der Waals surface area contributed by atoms with Crippen LogP contribution in [0.5, 0.6) is 0 Å². The van der Waals surface area contributed by atoms with Crippen LogP contribution in [0.3, 0.4) is 0 Å². The Morgan fingerprint density at radius 1 is 1.56 bits per heavy atom. The first kappa shape index (κ1) is 14.7. The van der Waals surface area contributed by atoms with E-state index in [-0.39, 0.29) is 18.2 Å². The molecule has 1 rings (SSSR count). The molecule has 0 saturated carbocycles. The third kappa shape index (κ3) is 3.81. The highest BCUT2D eigenvalue weighted by molar-refractivity contribution is 6.42. The lowest BCUT2D eigenvalue weighted by molar-refractivity contribution is 0.0519. The molecule has 1 aromatic heterocycles. The highest BCUT2D eigenvalue weighted by Gasteiger charge is 2.28. The number of rotatable bonds is 6. The van der Waals surface area contributed by atoms with Gasteiger partial charge in [-0.15, -0.1) is 5.10 Å². The zero-order valence-corrected chi connectivity index (χ0v) is 10.8. The van der Waals surface area contributed by atoms with Gasteiger partial charge in [-0.1, -0.05) is 19.1 Å². The van der Waals surface area contributed by atoms with E-state index in [4.69, 9.17) is 4.74 Å². The maximum atomic E-state index is 11.4. The zero-order chi connectivity index (χ0) is 13.7. The highest BCUT2D eigenvalue weighted by Crippen LogP contribution is 2.17. The molecule has 0 aliphatic heterocycles. The average Bonchev–Trinajstić information content (AvgIpc) is 2.74. The van der Waals surface area contributed by atoms with Gasteiger partial charge in [0.1, 0.15) is 0 Å². The lowest BCUT2D eigenvalue weighted by atomic mass is 9.75. The number of carbonyl (C=O) groups excluding carboxylic acids is 1. The number of esters is 1. The summed E-state index contributed by atoms with van der Waals surface area (Å²) in [7, 11) is -1.55. The van der Waals surface area contributed by atoms with Crippen molar-refractivity contribution in [3.63, 3.8) is 0 Å². The van der Waals surface area contributed by atoms with E-state index >= 15 is 0 Å². The molecule has 7 nitrogen and oxygen atoms in total. The minimum atomic E-state index is -1.55. The van der Waals surface area contributed by atoms with Crippen LogP contribution in [-0.4, -0.2) is 44.7 Å². The molecule has 0 amide bonds. The first-order chi connectivity index (χ1) is 8.45. The van der Waals surface area contributed by atoms with E-state index in [2.05, 4.69) is 10.3 Å². The predicted octanol–water partition coefficient (Wildman–Crippen LogP) is 0.0540. The Kier molecular flexibility index (Phi) is 5.30. The van der Waals surface area contributed by atoms with Crippen molar-refractivity contribution in [2.45, 2.75) is 33.1 Å². The molecular formula is C10H18BN3O4. The summed E-state index contributed by atoms with van der Waals surface area (Å²) in [5.74, 6) is -0.938.